The minimum atomic E-state index is -0.578. The largest absolute Gasteiger partial charge is 0.486 e. The Morgan fingerprint density at radius 1 is 1.03 bits per heavy atom. The molecule has 0 aliphatic heterocycles. The molecular weight excluding hydrogens is 466 g/mol. The van der Waals surface area contributed by atoms with Crippen LogP contribution in [-0.4, -0.2) is 29.3 Å². The monoisotopic (exact) mass is 488 g/mol. The van der Waals surface area contributed by atoms with Crippen molar-refractivity contribution in [1.29, 1.82) is 0 Å². The number of aromatic nitrogens is 1. The van der Waals surface area contributed by atoms with E-state index in [4.69, 9.17) is 27.9 Å². The van der Waals surface area contributed by atoms with E-state index in [1.54, 1.807) is 18.2 Å². The van der Waals surface area contributed by atoms with Crippen LogP contribution < -0.4 is 10.1 Å². The summed E-state index contributed by atoms with van der Waals surface area (Å²) >= 11 is 11.6. The van der Waals surface area contributed by atoms with Crippen LogP contribution in [0.5, 0.6) is 5.75 Å². The summed E-state index contributed by atoms with van der Waals surface area (Å²) in [7, 11) is 0. The minimum Gasteiger partial charge on any atom is -0.486 e. The molecular formula is C25H23Cl2FN2O3. The fraction of sp³-hybridized carbons (Fsp3) is 0.320. The second-order valence-electron chi connectivity index (χ2n) is 8.33. The van der Waals surface area contributed by atoms with Gasteiger partial charge < -0.3 is 10.1 Å². The predicted molar refractivity (Wildman–Crippen MR) is 126 cm³/mol. The van der Waals surface area contributed by atoms with Gasteiger partial charge >= 0.3 is 0 Å². The Balaban J connectivity index is 1.22. The summed E-state index contributed by atoms with van der Waals surface area (Å²) in [6, 6.07) is 13.1. The molecule has 1 saturated carbocycles. The molecule has 1 aliphatic carbocycles. The van der Waals surface area contributed by atoms with Gasteiger partial charge in [0.05, 0.1) is 10.5 Å². The van der Waals surface area contributed by atoms with Crippen LogP contribution in [0.25, 0.3) is 10.9 Å². The quantitative estimate of drug-likeness (QED) is 0.442. The molecule has 2 aromatic carbocycles. The van der Waals surface area contributed by atoms with E-state index in [1.165, 1.54) is 18.2 Å². The Morgan fingerprint density at radius 3 is 2.58 bits per heavy atom. The molecule has 172 valence electrons. The number of hydrogen-bond acceptors (Lipinski definition) is 4. The number of pyridine rings is 1. The maximum absolute atomic E-state index is 13.5. The third kappa shape index (κ3) is 6.21. The van der Waals surface area contributed by atoms with E-state index in [-0.39, 0.29) is 41.0 Å². The summed E-state index contributed by atoms with van der Waals surface area (Å²) in [5.74, 6) is -0.277. The van der Waals surface area contributed by atoms with Crippen LogP contribution in [0.2, 0.25) is 10.0 Å². The van der Waals surface area contributed by atoms with Gasteiger partial charge in [-0.1, -0.05) is 29.3 Å². The first kappa shape index (κ1) is 23.5. The zero-order chi connectivity index (χ0) is 23.4. The van der Waals surface area contributed by atoms with Gasteiger partial charge in [0.15, 0.2) is 5.78 Å². The van der Waals surface area contributed by atoms with Gasteiger partial charge in [-0.15, -0.1) is 0 Å². The number of carbonyl (C=O) groups excluding carboxylic acids is 2. The highest BCUT2D eigenvalue weighted by Gasteiger charge is 2.25. The minimum absolute atomic E-state index is 0.0128. The molecule has 1 N–H and O–H groups in total. The smallest absolute Gasteiger partial charge is 0.270 e. The van der Waals surface area contributed by atoms with Gasteiger partial charge in [-0.3, -0.25) is 9.59 Å². The molecule has 0 atom stereocenters. The van der Waals surface area contributed by atoms with E-state index in [2.05, 4.69) is 10.3 Å². The molecule has 8 heteroatoms. The molecule has 4 rings (SSSR count). The molecule has 1 heterocycles. The number of fused-ring (bicyclic) bond motifs is 1. The molecule has 0 unspecified atom stereocenters. The van der Waals surface area contributed by atoms with Gasteiger partial charge in [-0.25, -0.2) is 9.37 Å². The van der Waals surface area contributed by atoms with Crippen LogP contribution in [0, 0.1) is 11.7 Å². The fourth-order valence-corrected chi connectivity index (χ4v) is 4.40. The Hall–Kier alpha value is -2.70. The normalized spacial score (nSPS) is 18.2. The lowest BCUT2D eigenvalue weighted by molar-refractivity contribution is -0.122. The fourth-order valence-electron chi connectivity index (χ4n) is 4.10. The molecule has 0 saturated heterocycles. The van der Waals surface area contributed by atoms with E-state index in [0.717, 1.165) is 36.6 Å². The van der Waals surface area contributed by atoms with E-state index < -0.39 is 5.82 Å². The summed E-state index contributed by atoms with van der Waals surface area (Å²) < 4.78 is 18.8. The number of rotatable bonds is 7. The Morgan fingerprint density at radius 2 is 1.82 bits per heavy atom. The number of benzene rings is 2. The number of ether oxygens (including phenoxy) is 1. The van der Waals surface area contributed by atoms with Crippen molar-refractivity contribution in [3.63, 3.8) is 0 Å². The third-order valence-corrected chi connectivity index (χ3v) is 6.41. The Labute approximate surface area is 201 Å². The van der Waals surface area contributed by atoms with Crippen molar-refractivity contribution in [3.8, 4) is 5.75 Å². The van der Waals surface area contributed by atoms with Crippen LogP contribution in [0.15, 0.2) is 48.5 Å². The van der Waals surface area contributed by atoms with Crippen molar-refractivity contribution in [1.82, 2.24) is 10.3 Å². The number of carbonyl (C=O) groups is 2. The van der Waals surface area contributed by atoms with Gasteiger partial charge in [0.25, 0.3) is 5.91 Å². The second-order valence-corrected chi connectivity index (χ2v) is 9.18. The Kier molecular flexibility index (Phi) is 7.46. The van der Waals surface area contributed by atoms with E-state index in [9.17, 15) is 14.0 Å². The van der Waals surface area contributed by atoms with Crippen LogP contribution in [0.1, 0.15) is 42.6 Å². The van der Waals surface area contributed by atoms with Gasteiger partial charge in [0, 0.05) is 28.9 Å². The molecule has 1 fully saturated rings. The summed E-state index contributed by atoms with van der Waals surface area (Å²) in [5, 5.41) is 4.58. The predicted octanol–water partition coefficient (Wildman–Crippen LogP) is 6.01. The van der Waals surface area contributed by atoms with Crippen LogP contribution in [-0.2, 0) is 4.79 Å². The van der Waals surface area contributed by atoms with E-state index >= 15 is 0 Å². The van der Waals surface area contributed by atoms with Crippen molar-refractivity contribution in [2.75, 3.05) is 6.61 Å². The standard InChI is InChI=1S/C25H23Cl2FN2O3/c26-17-4-10-23-16(12-17)3-9-24(30-23)25(32)29-18-5-1-15(2-6-18)11-19(31)14-33-20-7-8-21(27)22(28)13-20/h3-4,7-10,12-13,15,18H,1-2,5-6,11,14H2,(H,29,32). The number of nitrogens with one attached hydrogen (secondary N) is 1. The van der Waals surface area contributed by atoms with E-state index in [0.29, 0.717) is 17.1 Å². The van der Waals surface area contributed by atoms with Crippen molar-refractivity contribution in [2.24, 2.45) is 5.92 Å². The molecule has 3 aromatic rings. The highest BCUT2D eigenvalue weighted by atomic mass is 35.5. The zero-order valence-corrected chi connectivity index (χ0v) is 19.3. The van der Waals surface area contributed by atoms with Gasteiger partial charge in [0.2, 0.25) is 0 Å². The molecule has 1 aromatic heterocycles. The van der Waals surface area contributed by atoms with E-state index in [1.807, 2.05) is 12.1 Å². The molecule has 1 aliphatic rings. The van der Waals surface area contributed by atoms with Crippen molar-refractivity contribution in [3.05, 3.63) is 70.1 Å². The number of halogens is 3. The third-order valence-electron chi connectivity index (χ3n) is 5.87. The molecule has 33 heavy (non-hydrogen) atoms. The van der Waals surface area contributed by atoms with Crippen molar-refractivity contribution >= 4 is 45.8 Å². The van der Waals surface area contributed by atoms with Gasteiger partial charge in [0.1, 0.15) is 23.9 Å². The highest BCUT2D eigenvalue weighted by Crippen LogP contribution is 2.28. The molecule has 1 amide bonds. The van der Waals surface area contributed by atoms with Gasteiger partial charge in [-0.2, -0.15) is 0 Å². The number of nitrogens with zero attached hydrogens (tertiary/aromatic N) is 1. The number of amides is 1. The highest BCUT2D eigenvalue weighted by molar-refractivity contribution is 6.31. The van der Waals surface area contributed by atoms with Crippen LogP contribution in [0.4, 0.5) is 4.39 Å². The summed E-state index contributed by atoms with van der Waals surface area (Å²) in [5.41, 5.74) is 1.09. The summed E-state index contributed by atoms with van der Waals surface area (Å²) in [6.07, 6.45) is 3.70. The first-order chi connectivity index (χ1) is 15.9. The molecule has 0 radical (unpaired) electrons. The average Bonchev–Trinajstić information content (AvgIpc) is 2.80. The SMILES string of the molecule is O=C(COc1ccc(Cl)c(F)c1)CC1CCC(NC(=O)c2ccc3cc(Cl)ccc3n2)CC1. The molecule has 5 nitrogen and oxygen atoms in total. The number of ketones is 1. The second kappa shape index (κ2) is 10.5. The molecule has 0 bridgehead atoms. The maximum Gasteiger partial charge on any atom is 0.270 e. The lowest BCUT2D eigenvalue weighted by atomic mass is 9.83. The zero-order valence-electron chi connectivity index (χ0n) is 17.8. The first-order valence-electron chi connectivity index (χ1n) is 10.8. The van der Waals surface area contributed by atoms with Crippen molar-refractivity contribution < 1.29 is 18.7 Å². The lowest BCUT2D eigenvalue weighted by Gasteiger charge is -2.28. The maximum atomic E-state index is 13.5. The number of Topliss-reactive ketones (excluding diaryl/α,β-unsaturated/α-hetero) is 1. The summed E-state index contributed by atoms with van der Waals surface area (Å²) in [4.78, 5) is 29.4. The van der Waals surface area contributed by atoms with Gasteiger partial charge in [-0.05, 0) is 68.0 Å². The topological polar surface area (TPSA) is 68.3 Å². The average molecular weight is 489 g/mol. The van der Waals surface area contributed by atoms with Crippen molar-refractivity contribution in [2.45, 2.75) is 38.1 Å². The van der Waals surface area contributed by atoms with Crippen LogP contribution >= 0.6 is 23.2 Å². The molecule has 0 spiro atoms. The van der Waals surface area contributed by atoms with Crippen LogP contribution in [0.3, 0.4) is 0 Å². The number of hydrogen-bond donors (Lipinski definition) is 1. The lowest BCUT2D eigenvalue weighted by Crippen LogP contribution is -2.38. The Bertz CT molecular complexity index is 1180. The first-order valence-corrected chi connectivity index (χ1v) is 11.6. The summed E-state index contributed by atoms with van der Waals surface area (Å²) in [6.45, 7) is -0.101.